The summed E-state index contributed by atoms with van der Waals surface area (Å²) >= 11 is 6.30. The molecule has 2 amide bonds. The molecule has 7 heteroatoms. The molecule has 0 radical (unpaired) electrons. The first kappa shape index (κ1) is 22.7. The molecule has 31 heavy (non-hydrogen) atoms. The van der Waals surface area contributed by atoms with Crippen LogP contribution in [-0.2, 0) is 9.59 Å². The highest BCUT2D eigenvalue weighted by Crippen LogP contribution is 2.36. The van der Waals surface area contributed by atoms with Crippen molar-refractivity contribution in [2.45, 2.75) is 19.8 Å². The third kappa shape index (κ3) is 6.01. The number of methoxy groups -OCH3 is 1. The van der Waals surface area contributed by atoms with Gasteiger partial charge in [-0.1, -0.05) is 29.8 Å². The quantitative estimate of drug-likeness (QED) is 0.634. The molecular formula is C24H27ClN2O4. The number of nitrogens with zero attached hydrogens (tertiary/aromatic N) is 1. The van der Waals surface area contributed by atoms with Gasteiger partial charge in [0.15, 0.2) is 11.5 Å². The molecule has 1 atom stereocenters. The molecule has 1 heterocycles. The molecule has 1 fully saturated rings. The zero-order chi connectivity index (χ0) is 22.2. The van der Waals surface area contributed by atoms with Gasteiger partial charge in [-0.05, 0) is 55.7 Å². The Kier molecular flexibility index (Phi) is 7.95. The Balaban J connectivity index is 1.64. The zero-order valence-corrected chi connectivity index (χ0v) is 18.5. The predicted molar refractivity (Wildman–Crippen MR) is 123 cm³/mol. The fraction of sp³-hybridized carbons (Fsp3) is 0.333. The SMILES string of the molecule is CCOc1c(Cl)cc(C=CC(=O)N2CCCC(C(=O)Nc3ccccc3)C2)cc1OC. The summed E-state index contributed by atoms with van der Waals surface area (Å²) in [4.78, 5) is 27.0. The van der Waals surface area contributed by atoms with E-state index in [2.05, 4.69) is 5.32 Å². The maximum atomic E-state index is 12.7. The molecular weight excluding hydrogens is 416 g/mol. The Morgan fingerprint density at radius 2 is 2.03 bits per heavy atom. The molecule has 0 aromatic heterocycles. The summed E-state index contributed by atoms with van der Waals surface area (Å²) in [6.45, 7) is 3.37. The molecule has 0 saturated carbocycles. The summed E-state index contributed by atoms with van der Waals surface area (Å²) in [5.74, 6) is 0.568. The molecule has 6 nitrogen and oxygen atoms in total. The van der Waals surface area contributed by atoms with Crippen molar-refractivity contribution in [3.05, 3.63) is 59.1 Å². The molecule has 1 unspecified atom stereocenters. The summed E-state index contributed by atoms with van der Waals surface area (Å²) in [6, 6.07) is 12.8. The molecule has 1 aliphatic heterocycles. The standard InChI is InChI=1S/C24H27ClN2O4/c1-3-31-23-20(25)14-17(15-21(23)30-2)11-12-22(28)27-13-7-8-18(16-27)24(29)26-19-9-5-4-6-10-19/h4-6,9-12,14-15,18H,3,7-8,13,16H2,1-2H3,(H,26,29). The molecule has 0 aliphatic carbocycles. The molecule has 0 bridgehead atoms. The highest BCUT2D eigenvalue weighted by atomic mass is 35.5. The van der Waals surface area contributed by atoms with Gasteiger partial charge in [0, 0.05) is 24.9 Å². The summed E-state index contributed by atoms with van der Waals surface area (Å²) in [7, 11) is 1.54. The zero-order valence-electron chi connectivity index (χ0n) is 17.8. The first-order valence-corrected chi connectivity index (χ1v) is 10.7. The normalized spacial score (nSPS) is 16.2. The number of anilines is 1. The van der Waals surface area contributed by atoms with Crippen LogP contribution in [0.5, 0.6) is 11.5 Å². The van der Waals surface area contributed by atoms with Crippen LogP contribution in [0.2, 0.25) is 5.02 Å². The number of rotatable bonds is 7. The van der Waals surface area contributed by atoms with Gasteiger partial charge in [-0.25, -0.2) is 0 Å². The van der Waals surface area contributed by atoms with Crippen LogP contribution in [-0.4, -0.2) is 43.5 Å². The Hall–Kier alpha value is -2.99. The van der Waals surface area contributed by atoms with Crippen molar-refractivity contribution < 1.29 is 19.1 Å². The number of carbonyl (C=O) groups is 2. The topological polar surface area (TPSA) is 67.9 Å². The Morgan fingerprint density at radius 1 is 1.26 bits per heavy atom. The minimum Gasteiger partial charge on any atom is -0.493 e. The van der Waals surface area contributed by atoms with Gasteiger partial charge >= 0.3 is 0 Å². The number of nitrogens with one attached hydrogen (secondary N) is 1. The molecule has 1 N–H and O–H groups in total. The maximum Gasteiger partial charge on any atom is 0.246 e. The number of hydrogen-bond acceptors (Lipinski definition) is 4. The van der Waals surface area contributed by atoms with E-state index in [0.717, 1.165) is 24.1 Å². The van der Waals surface area contributed by atoms with Gasteiger partial charge in [-0.15, -0.1) is 0 Å². The lowest BCUT2D eigenvalue weighted by Gasteiger charge is -2.31. The van der Waals surface area contributed by atoms with Crippen LogP contribution in [0.3, 0.4) is 0 Å². The van der Waals surface area contributed by atoms with Crippen LogP contribution in [0.25, 0.3) is 6.08 Å². The first-order chi connectivity index (χ1) is 15.0. The molecule has 2 aromatic rings. The summed E-state index contributed by atoms with van der Waals surface area (Å²) in [5.41, 5.74) is 1.49. The number of carbonyl (C=O) groups excluding carboxylic acids is 2. The van der Waals surface area contributed by atoms with Crippen molar-refractivity contribution in [1.82, 2.24) is 4.90 Å². The van der Waals surface area contributed by atoms with Crippen molar-refractivity contribution in [2.75, 3.05) is 32.1 Å². The monoisotopic (exact) mass is 442 g/mol. The van der Waals surface area contributed by atoms with Gasteiger partial charge in [0.1, 0.15) is 0 Å². The lowest BCUT2D eigenvalue weighted by atomic mass is 9.97. The fourth-order valence-electron chi connectivity index (χ4n) is 3.55. The van der Waals surface area contributed by atoms with Crippen LogP contribution in [0, 0.1) is 5.92 Å². The molecule has 3 rings (SSSR count). The highest BCUT2D eigenvalue weighted by molar-refractivity contribution is 6.32. The van der Waals surface area contributed by atoms with Crippen molar-refractivity contribution in [2.24, 2.45) is 5.92 Å². The van der Waals surface area contributed by atoms with Crippen LogP contribution in [0.15, 0.2) is 48.5 Å². The third-order valence-corrected chi connectivity index (χ3v) is 5.38. The second-order valence-electron chi connectivity index (χ2n) is 7.28. The van der Waals surface area contributed by atoms with Gasteiger partial charge in [0.05, 0.1) is 24.7 Å². The molecule has 2 aromatic carbocycles. The average Bonchev–Trinajstić information content (AvgIpc) is 2.79. The Labute approximate surface area is 187 Å². The molecule has 164 valence electrons. The minimum atomic E-state index is -0.230. The number of halogens is 1. The van der Waals surface area contributed by atoms with Crippen LogP contribution >= 0.6 is 11.6 Å². The van der Waals surface area contributed by atoms with Crippen molar-refractivity contribution in [1.29, 1.82) is 0 Å². The molecule has 0 spiro atoms. The summed E-state index contributed by atoms with van der Waals surface area (Å²) in [5, 5.41) is 3.35. The van der Waals surface area contributed by atoms with Crippen molar-refractivity contribution in [3.63, 3.8) is 0 Å². The Bertz CT molecular complexity index is 946. The minimum absolute atomic E-state index is 0.0595. The fourth-order valence-corrected chi connectivity index (χ4v) is 3.82. The van der Waals surface area contributed by atoms with E-state index in [-0.39, 0.29) is 17.7 Å². The van der Waals surface area contributed by atoms with E-state index in [1.165, 1.54) is 6.08 Å². The van der Waals surface area contributed by atoms with E-state index in [4.69, 9.17) is 21.1 Å². The lowest BCUT2D eigenvalue weighted by molar-refractivity contribution is -0.130. The van der Waals surface area contributed by atoms with E-state index in [0.29, 0.717) is 36.2 Å². The number of amides is 2. The highest BCUT2D eigenvalue weighted by Gasteiger charge is 2.27. The number of benzene rings is 2. The van der Waals surface area contributed by atoms with Crippen molar-refractivity contribution >= 4 is 35.2 Å². The van der Waals surface area contributed by atoms with Crippen LogP contribution in [0.1, 0.15) is 25.3 Å². The van der Waals surface area contributed by atoms with E-state index in [1.807, 2.05) is 37.3 Å². The predicted octanol–water partition coefficient (Wildman–Crippen LogP) is 4.64. The van der Waals surface area contributed by atoms with E-state index >= 15 is 0 Å². The smallest absolute Gasteiger partial charge is 0.246 e. The third-order valence-electron chi connectivity index (χ3n) is 5.10. The van der Waals surface area contributed by atoms with Crippen LogP contribution in [0.4, 0.5) is 5.69 Å². The number of likely N-dealkylation sites (tertiary alicyclic amines) is 1. The second kappa shape index (κ2) is 10.9. The van der Waals surface area contributed by atoms with Gasteiger partial charge in [-0.3, -0.25) is 9.59 Å². The molecule has 1 aliphatic rings. The largest absolute Gasteiger partial charge is 0.493 e. The number of ether oxygens (including phenoxy) is 2. The lowest BCUT2D eigenvalue weighted by Crippen LogP contribution is -2.43. The first-order valence-electron chi connectivity index (χ1n) is 10.3. The van der Waals surface area contributed by atoms with Gasteiger partial charge in [-0.2, -0.15) is 0 Å². The molecule has 1 saturated heterocycles. The summed E-state index contributed by atoms with van der Waals surface area (Å²) in [6.07, 6.45) is 4.75. The number of piperidine rings is 1. The van der Waals surface area contributed by atoms with Gasteiger partial charge < -0.3 is 19.7 Å². The van der Waals surface area contributed by atoms with Crippen molar-refractivity contribution in [3.8, 4) is 11.5 Å². The average molecular weight is 443 g/mol. The van der Waals surface area contributed by atoms with E-state index < -0.39 is 0 Å². The summed E-state index contributed by atoms with van der Waals surface area (Å²) < 4.78 is 10.9. The Morgan fingerprint density at radius 3 is 2.74 bits per heavy atom. The van der Waals surface area contributed by atoms with Gasteiger partial charge in [0.2, 0.25) is 11.8 Å². The van der Waals surface area contributed by atoms with Gasteiger partial charge in [0.25, 0.3) is 0 Å². The second-order valence-corrected chi connectivity index (χ2v) is 7.69. The van der Waals surface area contributed by atoms with E-state index in [9.17, 15) is 9.59 Å². The number of para-hydroxylation sites is 1. The maximum absolute atomic E-state index is 12.7. The van der Waals surface area contributed by atoms with E-state index in [1.54, 1.807) is 30.2 Å². The van der Waals surface area contributed by atoms with Crippen LogP contribution < -0.4 is 14.8 Å². The number of hydrogen-bond donors (Lipinski definition) is 1.